The maximum atomic E-state index is 12.7. The van der Waals surface area contributed by atoms with Crippen molar-refractivity contribution in [2.45, 2.75) is 44.3 Å². The SMILES string of the molecule is CC(NC(=O)C(=O)c1ccccc1)C(=O)N1CCCC1C(=O)N[C@H](C=O)CC(=O)O. The molecule has 0 aliphatic carbocycles. The molecule has 160 valence electrons. The maximum absolute atomic E-state index is 12.7. The number of carboxylic acids is 1. The lowest BCUT2D eigenvalue weighted by Crippen LogP contribution is -2.54. The Morgan fingerprint density at radius 1 is 1.17 bits per heavy atom. The number of Topliss-reactive ketones (excluding diaryl/α,β-unsaturated/α-hetero) is 1. The lowest BCUT2D eigenvalue weighted by molar-refractivity contribution is -0.142. The van der Waals surface area contributed by atoms with Crippen molar-refractivity contribution in [2.24, 2.45) is 0 Å². The second kappa shape index (κ2) is 10.3. The van der Waals surface area contributed by atoms with Crippen LogP contribution in [0.15, 0.2) is 30.3 Å². The first-order valence-corrected chi connectivity index (χ1v) is 9.42. The van der Waals surface area contributed by atoms with E-state index in [-0.39, 0.29) is 12.1 Å². The first-order valence-electron chi connectivity index (χ1n) is 9.42. The van der Waals surface area contributed by atoms with E-state index in [2.05, 4.69) is 10.6 Å². The monoisotopic (exact) mass is 417 g/mol. The second-order valence-corrected chi connectivity index (χ2v) is 6.93. The molecule has 1 heterocycles. The molecule has 1 aliphatic rings. The highest BCUT2D eigenvalue weighted by Gasteiger charge is 2.37. The highest BCUT2D eigenvalue weighted by molar-refractivity contribution is 6.43. The summed E-state index contributed by atoms with van der Waals surface area (Å²) in [6, 6.07) is 4.74. The largest absolute Gasteiger partial charge is 0.481 e. The summed E-state index contributed by atoms with van der Waals surface area (Å²) >= 11 is 0. The third-order valence-electron chi connectivity index (χ3n) is 4.69. The summed E-state index contributed by atoms with van der Waals surface area (Å²) in [7, 11) is 0. The van der Waals surface area contributed by atoms with Gasteiger partial charge in [-0.15, -0.1) is 0 Å². The van der Waals surface area contributed by atoms with Crippen LogP contribution in [0.2, 0.25) is 0 Å². The maximum Gasteiger partial charge on any atom is 0.305 e. The van der Waals surface area contributed by atoms with Crippen molar-refractivity contribution >= 4 is 35.8 Å². The van der Waals surface area contributed by atoms with Gasteiger partial charge in [-0.1, -0.05) is 30.3 Å². The highest BCUT2D eigenvalue weighted by atomic mass is 16.4. The Morgan fingerprint density at radius 2 is 1.83 bits per heavy atom. The Bertz CT molecular complexity index is 840. The molecular weight excluding hydrogens is 394 g/mol. The fraction of sp³-hybridized carbons (Fsp3) is 0.400. The molecule has 3 atom stereocenters. The molecule has 0 saturated carbocycles. The van der Waals surface area contributed by atoms with Gasteiger partial charge in [0.15, 0.2) is 0 Å². The van der Waals surface area contributed by atoms with Gasteiger partial charge in [-0.2, -0.15) is 0 Å². The summed E-state index contributed by atoms with van der Waals surface area (Å²) in [6.07, 6.45) is 0.618. The first-order chi connectivity index (χ1) is 14.2. The van der Waals surface area contributed by atoms with Crippen LogP contribution in [0.25, 0.3) is 0 Å². The van der Waals surface area contributed by atoms with Gasteiger partial charge in [-0.3, -0.25) is 24.0 Å². The van der Waals surface area contributed by atoms with E-state index in [0.717, 1.165) is 0 Å². The molecule has 2 rings (SSSR count). The Kier molecular flexibility index (Phi) is 7.79. The third-order valence-corrected chi connectivity index (χ3v) is 4.69. The quantitative estimate of drug-likeness (QED) is 0.279. The summed E-state index contributed by atoms with van der Waals surface area (Å²) < 4.78 is 0. The summed E-state index contributed by atoms with van der Waals surface area (Å²) in [5.74, 6) is -4.16. The smallest absolute Gasteiger partial charge is 0.305 e. The van der Waals surface area contributed by atoms with Crippen molar-refractivity contribution in [2.75, 3.05) is 6.54 Å². The minimum Gasteiger partial charge on any atom is -0.481 e. The molecule has 2 unspecified atom stereocenters. The van der Waals surface area contributed by atoms with E-state index < -0.39 is 54.0 Å². The van der Waals surface area contributed by atoms with E-state index in [0.29, 0.717) is 19.1 Å². The summed E-state index contributed by atoms with van der Waals surface area (Å²) in [5.41, 5.74) is 0.186. The van der Waals surface area contributed by atoms with Gasteiger partial charge in [-0.05, 0) is 19.8 Å². The van der Waals surface area contributed by atoms with Crippen LogP contribution in [0.1, 0.15) is 36.5 Å². The molecule has 1 fully saturated rings. The molecule has 0 aromatic heterocycles. The highest BCUT2D eigenvalue weighted by Crippen LogP contribution is 2.19. The summed E-state index contributed by atoms with van der Waals surface area (Å²) in [4.78, 5) is 72.5. The predicted molar refractivity (Wildman–Crippen MR) is 103 cm³/mol. The number of carbonyl (C=O) groups is 6. The lowest BCUT2D eigenvalue weighted by atomic mass is 10.1. The predicted octanol–water partition coefficient (Wildman–Crippen LogP) is -0.477. The van der Waals surface area contributed by atoms with Crippen LogP contribution in [0, 0.1) is 0 Å². The van der Waals surface area contributed by atoms with Crippen molar-refractivity contribution in [3.05, 3.63) is 35.9 Å². The third kappa shape index (κ3) is 5.72. The second-order valence-electron chi connectivity index (χ2n) is 6.93. The minimum atomic E-state index is -1.24. The van der Waals surface area contributed by atoms with Crippen LogP contribution in [-0.4, -0.2) is 70.4 Å². The van der Waals surface area contributed by atoms with Crippen LogP contribution in [0.4, 0.5) is 0 Å². The van der Waals surface area contributed by atoms with Gasteiger partial charge >= 0.3 is 5.97 Å². The molecule has 1 aromatic carbocycles. The number of benzene rings is 1. The first kappa shape index (κ1) is 22.7. The van der Waals surface area contributed by atoms with Crippen LogP contribution in [-0.2, 0) is 24.0 Å². The Morgan fingerprint density at radius 3 is 2.43 bits per heavy atom. The van der Waals surface area contributed by atoms with Crippen molar-refractivity contribution in [3.8, 4) is 0 Å². The van der Waals surface area contributed by atoms with Gasteiger partial charge in [0.25, 0.3) is 5.91 Å². The number of carboxylic acid groups (broad SMARTS) is 1. The number of aldehydes is 1. The average Bonchev–Trinajstić information content (AvgIpc) is 3.22. The normalized spacial score (nSPS) is 17.5. The number of rotatable bonds is 9. The van der Waals surface area contributed by atoms with Crippen molar-refractivity contribution in [3.63, 3.8) is 0 Å². The molecule has 0 spiro atoms. The van der Waals surface area contributed by atoms with Gasteiger partial charge in [-0.25, -0.2) is 0 Å². The molecular formula is C20H23N3O7. The van der Waals surface area contributed by atoms with Gasteiger partial charge < -0.3 is 25.4 Å². The van der Waals surface area contributed by atoms with Crippen molar-refractivity contribution < 1.29 is 33.9 Å². The topological polar surface area (TPSA) is 150 Å². The zero-order valence-corrected chi connectivity index (χ0v) is 16.4. The number of amides is 3. The zero-order chi connectivity index (χ0) is 22.3. The van der Waals surface area contributed by atoms with E-state index in [4.69, 9.17) is 5.11 Å². The number of nitrogens with zero attached hydrogens (tertiary/aromatic N) is 1. The van der Waals surface area contributed by atoms with Gasteiger partial charge in [0.2, 0.25) is 17.6 Å². The van der Waals surface area contributed by atoms with E-state index in [1.165, 1.54) is 24.0 Å². The fourth-order valence-electron chi connectivity index (χ4n) is 3.20. The van der Waals surface area contributed by atoms with E-state index >= 15 is 0 Å². The lowest BCUT2D eigenvalue weighted by Gasteiger charge is -2.27. The Labute approximate surface area is 172 Å². The number of aliphatic carboxylic acids is 1. The number of nitrogens with one attached hydrogen (secondary N) is 2. The average molecular weight is 417 g/mol. The van der Waals surface area contributed by atoms with Gasteiger partial charge in [0, 0.05) is 12.1 Å². The number of ketones is 1. The molecule has 10 nitrogen and oxygen atoms in total. The molecule has 0 bridgehead atoms. The fourth-order valence-corrected chi connectivity index (χ4v) is 3.20. The van der Waals surface area contributed by atoms with Crippen molar-refractivity contribution in [1.29, 1.82) is 0 Å². The summed E-state index contributed by atoms with van der Waals surface area (Å²) in [5, 5.41) is 13.4. The molecule has 30 heavy (non-hydrogen) atoms. The Balaban J connectivity index is 1.99. The van der Waals surface area contributed by atoms with E-state index in [9.17, 15) is 28.8 Å². The molecule has 0 radical (unpaired) electrons. The summed E-state index contributed by atoms with van der Waals surface area (Å²) in [6.45, 7) is 1.67. The number of hydrogen-bond donors (Lipinski definition) is 3. The zero-order valence-electron chi connectivity index (χ0n) is 16.4. The molecule has 10 heteroatoms. The Hall–Kier alpha value is -3.56. The standard InChI is InChI=1S/C20H23N3O7/c1-12(21-19(29)17(27)13-6-3-2-4-7-13)20(30)23-9-5-8-15(23)18(28)22-14(11-24)10-16(25)26/h2-4,6-7,11-12,14-15H,5,8-10H2,1H3,(H,21,29)(H,22,28)(H,25,26)/t12?,14-,15?/m0/s1. The molecule has 3 N–H and O–H groups in total. The van der Waals surface area contributed by atoms with Crippen LogP contribution in [0.5, 0.6) is 0 Å². The van der Waals surface area contributed by atoms with Gasteiger partial charge in [0.1, 0.15) is 18.4 Å². The van der Waals surface area contributed by atoms with Crippen LogP contribution in [0.3, 0.4) is 0 Å². The minimum absolute atomic E-state index is 0.186. The van der Waals surface area contributed by atoms with E-state index in [1.54, 1.807) is 18.2 Å². The molecule has 3 amide bonds. The molecule has 1 aromatic rings. The van der Waals surface area contributed by atoms with E-state index in [1.807, 2.05) is 0 Å². The van der Waals surface area contributed by atoms with Gasteiger partial charge in [0.05, 0.1) is 12.5 Å². The van der Waals surface area contributed by atoms with Crippen molar-refractivity contribution in [1.82, 2.24) is 15.5 Å². The van der Waals surface area contributed by atoms with Crippen LogP contribution >= 0.6 is 0 Å². The number of hydrogen-bond acceptors (Lipinski definition) is 6. The molecule has 1 saturated heterocycles. The number of likely N-dealkylation sites (tertiary alicyclic amines) is 1. The molecule has 1 aliphatic heterocycles. The number of carbonyl (C=O) groups excluding carboxylic acids is 5. The van der Waals surface area contributed by atoms with Crippen LogP contribution < -0.4 is 10.6 Å².